The Kier molecular flexibility index (Phi) is 11.2. The van der Waals surface area contributed by atoms with Gasteiger partial charge in [0.2, 0.25) is 5.91 Å². The van der Waals surface area contributed by atoms with Crippen molar-refractivity contribution in [1.29, 1.82) is 0 Å². The summed E-state index contributed by atoms with van der Waals surface area (Å²) in [6.45, 7) is 5.09. The largest absolute Gasteiger partial charge is 0.391 e. The summed E-state index contributed by atoms with van der Waals surface area (Å²) in [5, 5.41) is 18.9. The summed E-state index contributed by atoms with van der Waals surface area (Å²) >= 11 is 0. The van der Waals surface area contributed by atoms with E-state index in [4.69, 9.17) is 5.10 Å². The Hall–Kier alpha value is -4.77. The molecule has 1 aliphatic rings. The molecule has 0 fully saturated rings. The van der Waals surface area contributed by atoms with E-state index in [1.165, 1.54) is 0 Å². The van der Waals surface area contributed by atoms with Crippen LogP contribution in [0.4, 0.5) is 5.69 Å². The van der Waals surface area contributed by atoms with Gasteiger partial charge in [0.15, 0.2) is 0 Å². The van der Waals surface area contributed by atoms with E-state index >= 15 is 0 Å². The lowest BCUT2D eigenvalue weighted by Crippen LogP contribution is -2.44. The van der Waals surface area contributed by atoms with Crippen LogP contribution in [-0.2, 0) is 31.0 Å². The molecule has 1 N–H and O–H groups in total. The molecule has 2 aromatic carbocycles. The maximum absolute atomic E-state index is 14.1. The fourth-order valence-electron chi connectivity index (χ4n) is 6.52. The number of carbonyl (C=O) groups excluding carboxylic acids is 1. The van der Waals surface area contributed by atoms with Gasteiger partial charge >= 0.3 is 0 Å². The zero-order valence-corrected chi connectivity index (χ0v) is 28.7. The minimum atomic E-state index is 0.115. The molecule has 10 nitrogen and oxygen atoms in total. The van der Waals surface area contributed by atoms with Gasteiger partial charge in [-0.1, -0.05) is 66.2 Å². The first-order chi connectivity index (χ1) is 23.9. The number of quaternary nitrogens is 1. The van der Waals surface area contributed by atoms with Gasteiger partial charge in [0.05, 0.1) is 63.1 Å². The maximum Gasteiger partial charge on any atom is 0.227 e. The number of benzene rings is 2. The lowest BCUT2D eigenvalue weighted by Gasteiger charge is -2.30. The number of likely N-dealkylation sites (N-methyl/N-ethyl adjacent to an activating group) is 1. The lowest BCUT2D eigenvalue weighted by atomic mass is 9.95. The van der Waals surface area contributed by atoms with Gasteiger partial charge in [0, 0.05) is 43.0 Å². The molecule has 1 aliphatic heterocycles. The van der Waals surface area contributed by atoms with Crippen LogP contribution in [0, 0.1) is 0 Å². The van der Waals surface area contributed by atoms with Crippen molar-refractivity contribution in [3.8, 4) is 22.5 Å². The van der Waals surface area contributed by atoms with Gasteiger partial charge in [-0.2, -0.15) is 0 Å². The van der Waals surface area contributed by atoms with Gasteiger partial charge in [-0.05, 0) is 55.3 Å². The van der Waals surface area contributed by atoms with Gasteiger partial charge in [-0.25, -0.2) is 4.68 Å². The number of carbonyl (C=O) groups is 1. The van der Waals surface area contributed by atoms with E-state index in [2.05, 4.69) is 64.5 Å². The molecule has 0 unspecified atom stereocenters. The zero-order valence-electron chi connectivity index (χ0n) is 28.7. The summed E-state index contributed by atoms with van der Waals surface area (Å²) in [6, 6.07) is 28.4. The average Bonchev–Trinajstić information content (AvgIpc) is 3.53. The number of para-hydroxylation sites is 1. The predicted octanol–water partition coefficient (Wildman–Crippen LogP) is 5.58. The van der Waals surface area contributed by atoms with E-state index in [1.807, 2.05) is 76.6 Å². The van der Waals surface area contributed by atoms with E-state index < -0.39 is 0 Å². The van der Waals surface area contributed by atoms with Crippen molar-refractivity contribution in [2.45, 2.75) is 51.9 Å². The number of hydrogen-bond donors (Lipinski definition) is 1. The average molecular weight is 660 g/mol. The minimum Gasteiger partial charge on any atom is -0.391 e. The van der Waals surface area contributed by atoms with Gasteiger partial charge in [-0.15, -0.1) is 5.10 Å². The normalized spacial score (nSPS) is 12.6. The summed E-state index contributed by atoms with van der Waals surface area (Å²) in [7, 11) is 4.22. The third kappa shape index (κ3) is 8.64. The highest BCUT2D eigenvalue weighted by molar-refractivity contribution is 6.00. The summed E-state index contributed by atoms with van der Waals surface area (Å²) in [5.74, 6) is 0.115. The smallest absolute Gasteiger partial charge is 0.227 e. The highest BCUT2D eigenvalue weighted by Crippen LogP contribution is 2.41. The van der Waals surface area contributed by atoms with Gasteiger partial charge < -0.3 is 14.5 Å². The Labute approximate surface area is 289 Å². The number of nitrogens with zero attached hydrogens (tertiary/aromatic N) is 8. The van der Waals surface area contributed by atoms with E-state index in [-0.39, 0.29) is 12.5 Å². The highest BCUT2D eigenvalue weighted by atomic mass is 16.3. The first-order valence-electron chi connectivity index (χ1n) is 17.3. The van der Waals surface area contributed by atoms with E-state index in [0.29, 0.717) is 30.5 Å². The molecule has 0 atom stereocenters. The topological polar surface area (TPSA) is 100 Å². The standard InChI is InChI=1S/C39H47N8O2/c1-47(2,26-27-48)25-24-46-39-35-18-7-8-19-36(35)45(28-31-14-5-6-17-34(31)38(39)42-43-46)37(49)20-4-3-13-23-44(29-32-15-9-11-21-40-32)30-33-16-10-12-22-41-33/h5-12,14-19,21-22,48H,3-4,13,20,23-30H2,1-2H3/q+1. The molecular formula is C39H47N8O2+. The molecular weight excluding hydrogens is 612 g/mol. The number of unbranched alkanes of at least 4 members (excludes halogenated alkanes) is 2. The van der Waals surface area contributed by atoms with Gasteiger partial charge in [0.1, 0.15) is 12.2 Å². The van der Waals surface area contributed by atoms with Crippen LogP contribution in [0.5, 0.6) is 0 Å². The SMILES string of the molecule is C[N+](C)(CCO)CCn1nnc2c1-c1ccccc1N(C(=O)CCCCCN(Cc1ccccn1)Cc1ccccn1)Cc1ccccc1-2. The molecule has 49 heavy (non-hydrogen) atoms. The Morgan fingerprint density at radius 3 is 2.18 bits per heavy atom. The minimum absolute atomic E-state index is 0.115. The van der Waals surface area contributed by atoms with Crippen molar-refractivity contribution >= 4 is 11.6 Å². The second-order valence-corrected chi connectivity index (χ2v) is 13.4. The van der Waals surface area contributed by atoms with Crippen LogP contribution in [0.2, 0.25) is 0 Å². The van der Waals surface area contributed by atoms with Crippen LogP contribution < -0.4 is 4.90 Å². The van der Waals surface area contributed by atoms with Crippen molar-refractivity contribution < 1.29 is 14.4 Å². The number of amides is 1. The Morgan fingerprint density at radius 2 is 1.49 bits per heavy atom. The van der Waals surface area contributed by atoms with Crippen molar-refractivity contribution in [2.24, 2.45) is 0 Å². The second kappa shape index (κ2) is 16.1. The fraction of sp³-hybridized carbons (Fsp3) is 0.359. The van der Waals surface area contributed by atoms with Crippen LogP contribution in [-0.4, -0.2) is 85.7 Å². The predicted molar refractivity (Wildman–Crippen MR) is 192 cm³/mol. The van der Waals surface area contributed by atoms with E-state index in [1.54, 1.807) is 0 Å². The number of aliphatic hydroxyl groups is 1. The highest BCUT2D eigenvalue weighted by Gasteiger charge is 2.29. The third-order valence-electron chi connectivity index (χ3n) is 9.30. The van der Waals surface area contributed by atoms with Gasteiger partial charge in [-0.3, -0.25) is 19.7 Å². The molecule has 0 saturated heterocycles. The molecule has 5 aromatic rings. The van der Waals surface area contributed by atoms with Gasteiger partial charge in [0.25, 0.3) is 0 Å². The molecule has 6 rings (SSSR count). The van der Waals surface area contributed by atoms with Crippen molar-refractivity contribution in [3.63, 3.8) is 0 Å². The molecule has 0 saturated carbocycles. The molecule has 0 bridgehead atoms. The quantitative estimate of drug-likeness (QED) is 0.116. The van der Waals surface area contributed by atoms with E-state index in [0.717, 1.165) is 90.6 Å². The summed E-state index contributed by atoms with van der Waals surface area (Å²) in [6.07, 6.45) is 6.88. The molecule has 3 aromatic heterocycles. The monoisotopic (exact) mass is 659 g/mol. The lowest BCUT2D eigenvalue weighted by molar-refractivity contribution is -0.891. The van der Waals surface area contributed by atoms with Crippen LogP contribution >= 0.6 is 0 Å². The zero-order chi connectivity index (χ0) is 34.1. The Morgan fingerprint density at radius 1 is 0.816 bits per heavy atom. The van der Waals surface area contributed by atoms with Crippen molar-refractivity contribution in [2.75, 3.05) is 45.2 Å². The number of anilines is 1. The molecule has 10 heteroatoms. The molecule has 254 valence electrons. The molecule has 0 radical (unpaired) electrons. The first-order valence-corrected chi connectivity index (χ1v) is 17.3. The third-order valence-corrected chi connectivity index (χ3v) is 9.30. The number of rotatable bonds is 15. The van der Waals surface area contributed by atoms with Crippen molar-refractivity contribution in [3.05, 3.63) is 114 Å². The fourth-order valence-corrected chi connectivity index (χ4v) is 6.52. The molecule has 1 amide bonds. The van der Waals surface area contributed by atoms with Crippen LogP contribution in [0.3, 0.4) is 0 Å². The molecule has 0 aliphatic carbocycles. The van der Waals surface area contributed by atoms with E-state index in [9.17, 15) is 9.90 Å². The number of pyridine rings is 2. The second-order valence-electron chi connectivity index (χ2n) is 13.4. The summed E-state index contributed by atoms with van der Waals surface area (Å²) in [5.41, 5.74) is 7.73. The number of fused-ring (bicyclic) bond motifs is 5. The number of aliphatic hydroxyl groups excluding tert-OH is 1. The van der Waals surface area contributed by atoms with Crippen molar-refractivity contribution in [1.82, 2.24) is 29.9 Å². The molecule has 0 spiro atoms. The van der Waals surface area contributed by atoms with Crippen LogP contribution in [0.25, 0.3) is 22.5 Å². The number of hydrogen-bond acceptors (Lipinski definition) is 7. The molecule has 4 heterocycles. The number of aromatic nitrogens is 5. The van der Waals surface area contributed by atoms with Crippen LogP contribution in [0.15, 0.2) is 97.3 Å². The Bertz CT molecular complexity index is 1770. The Balaban J connectivity index is 1.17. The van der Waals surface area contributed by atoms with Crippen LogP contribution in [0.1, 0.15) is 42.6 Å². The maximum atomic E-state index is 14.1. The summed E-state index contributed by atoms with van der Waals surface area (Å²) in [4.78, 5) is 27.5. The first kappa shape index (κ1) is 34.1. The summed E-state index contributed by atoms with van der Waals surface area (Å²) < 4.78 is 2.63.